The molecule has 5 nitrogen and oxygen atoms in total. The average molecular weight is 893 g/mol. The molecule has 0 amide bonds. The number of hydrogen-bond donors (Lipinski definition) is 0. The predicted molar refractivity (Wildman–Crippen MR) is 223 cm³/mol. The van der Waals surface area contributed by atoms with Crippen LogP contribution in [0.4, 0.5) is 28.6 Å². The van der Waals surface area contributed by atoms with Crippen molar-refractivity contribution in [2.45, 2.75) is 59.3 Å². The molecule has 7 rings (SSSR count). The molecule has 2 heterocycles. The quantitative estimate of drug-likeness (QED) is 0.121. The number of nitrogens with zero attached hydrogens (tertiary/aromatic N) is 4. The number of hydrogen-bond acceptors (Lipinski definition) is 5. The molecular weight excluding hydrogens is 844 g/mol. The summed E-state index contributed by atoms with van der Waals surface area (Å²) in [5.74, 6) is 3.35. The van der Waals surface area contributed by atoms with Crippen LogP contribution in [0, 0.1) is 19.6 Å². The molecule has 0 unspecified atom stereocenters. The van der Waals surface area contributed by atoms with Crippen LogP contribution in [0.5, 0.6) is 11.5 Å². The van der Waals surface area contributed by atoms with Gasteiger partial charge in [0.15, 0.2) is 0 Å². The molecule has 0 spiro atoms. The van der Waals surface area contributed by atoms with Gasteiger partial charge in [-0.1, -0.05) is 101 Å². The monoisotopic (exact) mass is 892 g/mol. The zero-order valence-corrected chi connectivity index (χ0v) is 34.5. The van der Waals surface area contributed by atoms with E-state index in [2.05, 4.69) is 140 Å². The van der Waals surface area contributed by atoms with Crippen molar-refractivity contribution in [3.63, 3.8) is 0 Å². The van der Waals surface area contributed by atoms with E-state index >= 15 is 0 Å². The summed E-state index contributed by atoms with van der Waals surface area (Å²) in [5, 5.41) is 0. The first-order valence-electron chi connectivity index (χ1n) is 18.2. The Kier molecular flexibility index (Phi) is 13.2. The second-order valence-corrected chi connectivity index (χ2v) is 14.2. The van der Waals surface area contributed by atoms with E-state index in [1.807, 2.05) is 66.7 Å². The largest absolute Gasteiger partial charge is 0.509 e. The summed E-state index contributed by atoms with van der Waals surface area (Å²) in [6.45, 7) is 14.5. The number of aromatic nitrogens is 1. The Bertz CT molecular complexity index is 2100. The molecule has 1 aromatic heterocycles. The SMILES string of the molecule is CC(C)c1cc(C(C)C)c(-c2cccc(N3C=CN(c4[c-]c(Oc5[c-]c(N(c6ccccc6)c6ccccn6)ccc5)ccc4)C3)c2)c(C(C)C)c1.[CH3-].[Pt]. The molecule has 0 saturated carbocycles. The van der Waals surface area contributed by atoms with Gasteiger partial charge in [0.1, 0.15) is 5.82 Å². The zero-order chi connectivity index (χ0) is 36.2. The number of ether oxygens (including phenoxy) is 1. The van der Waals surface area contributed by atoms with Crippen LogP contribution in [0.25, 0.3) is 11.1 Å². The van der Waals surface area contributed by atoms with Crippen LogP contribution < -0.4 is 19.4 Å². The van der Waals surface area contributed by atoms with Crippen LogP contribution >= 0.6 is 0 Å². The summed E-state index contributed by atoms with van der Waals surface area (Å²) in [5.41, 5.74) is 10.8. The second-order valence-electron chi connectivity index (χ2n) is 14.2. The van der Waals surface area contributed by atoms with Gasteiger partial charge in [0.05, 0.1) is 6.67 Å². The third-order valence-electron chi connectivity index (χ3n) is 9.50. The van der Waals surface area contributed by atoms with Crippen molar-refractivity contribution in [1.82, 2.24) is 4.98 Å². The van der Waals surface area contributed by atoms with Crippen LogP contribution in [-0.2, 0) is 21.1 Å². The maximum Gasteiger partial charge on any atom is 0.135 e. The van der Waals surface area contributed by atoms with Gasteiger partial charge in [0.25, 0.3) is 0 Å². The van der Waals surface area contributed by atoms with E-state index in [-0.39, 0.29) is 28.5 Å². The van der Waals surface area contributed by atoms with Gasteiger partial charge < -0.3 is 26.9 Å². The van der Waals surface area contributed by atoms with Crippen molar-refractivity contribution in [3.8, 4) is 22.6 Å². The molecule has 5 aromatic carbocycles. The first-order valence-corrected chi connectivity index (χ1v) is 18.2. The zero-order valence-electron chi connectivity index (χ0n) is 32.2. The summed E-state index contributed by atoms with van der Waals surface area (Å²) >= 11 is 0. The molecule has 0 saturated heterocycles. The van der Waals surface area contributed by atoms with E-state index in [4.69, 9.17) is 4.74 Å². The molecule has 1 aliphatic rings. The van der Waals surface area contributed by atoms with Crippen molar-refractivity contribution in [1.29, 1.82) is 0 Å². The fourth-order valence-electron chi connectivity index (χ4n) is 6.74. The van der Waals surface area contributed by atoms with Crippen LogP contribution in [0.1, 0.15) is 76.0 Å². The Labute approximate surface area is 337 Å². The molecule has 0 bridgehead atoms. The van der Waals surface area contributed by atoms with Crippen LogP contribution in [0.3, 0.4) is 0 Å². The summed E-state index contributed by atoms with van der Waals surface area (Å²) in [6.07, 6.45) is 6.05. The Morgan fingerprint density at radius 3 is 1.96 bits per heavy atom. The molecule has 54 heavy (non-hydrogen) atoms. The van der Waals surface area contributed by atoms with E-state index in [1.54, 1.807) is 6.20 Å². The minimum atomic E-state index is 0. The summed E-state index contributed by atoms with van der Waals surface area (Å²) in [7, 11) is 0. The average Bonchev–Trinajstić information content (AvgIpc) is 3.66. The summed E-state index contributed by atoms with van der Waals surface area (Å²) in [4.78, 5) is 11.2. The van der Waals surface area contributed by atoms with Crippen molar-refractivity contribution in [2.75, 3.05) is 21.4 Å². The number of anilines is 5. The molecule has 0 aliphatic carbocycles. The van der Waals surface area contributed by atoms with Gasteiger partial charge in [0, 0.05) is 62.5 Å². The van der Waals surface area contributed by atoms with Gasteiger partial charge >= 0.3 is 0 Å². The topological polar surface area (TPSA) is 31.8 Å². The van der Waals surface area contributed by atoms with Gasteiger partial charge in [-0.05, 0) is 82.0 Å². The molecule has 0 radical (unpaired) electrons. The first-order chi connectivity index (χ1) is 25.2. The Morgan fingerprint density at radius 1 is 0.648 bits per heavy atom. The first kappa shape index (κ1) is 40.1. The smallest absolute Gasteiger partial charge is 0.135 e. The molecular formula is C48H49N4OPt-3. The molecule has 280 valence electrons. The Morgan fingerprint density at radius 2 is 1.30 bits per heavy atom. The molecule has 6 aromatic rings. The van der Waals surface area contributed by atoms with E-state index < -0.39 is 0 Å². The van der Waals surface area contributed by atoms with Crippen molar-refractivity contribution in [3.05, 3.63) is 176 Å². The molecule has 0 fully saturated rings. The number of rotatable bonds is 11. The summed E-state index contributed by atoms with van der Waals surface area (Å²) in [6, 6.07) is 48.8. The van der Waals surface area contributed by atoms with Gasteiger partial charge in [0.2, 0.25) is 0 Å². The Balaban J connectivity index is 0.00000280. The predicted octanol–water partition coefficient (Wildman–Crippen LogP) is 13.2. The van der Waals surface area contributed by atoms with Gasteiger partial charge in [-0.25, -0.2) is 4.98 Å². The van der Waals surface area contributed by atoms with Crippen molar-refractivity contribution in [2.24, 2.45) is 0 Å². The van der Waals surface area contributed by atoms with E-state index in [0.717, 1.165) is 28.6 Å². The fraction of sp³-hybridized carbons (Fsp3) is 0.208. The van der Waals surface area contributed by atoms with Crippen LogP contribution in [0.2, 0.25) is 0 Å². The third-order valence-corrected chi connectivity index (χ3v) is 9.50. The minimum absolute atomic E-state index is 0. The summed E-state index contributed by atoms with van der Waals surface area (Å²) < 4.78 is 6.38. The molecule has 0 atom stereocenters. The van der Waals surface area contributed by atoms with E-state index in [9.17, 15) is 0 Å². The standard InChI is InChI=1S/C47H46N4O.CH3.Pt/c1-33(2)37-28-44(34(3)4)47(45(29-37)35(5)6)36-15-12-18-39(27-36)49-25-26-50(32-49)40-19-13-21-42(30-40)52-43-22-14-20-41(31-43)51(38-16-8-7-9-17-38)46-23-10-11-24-48-46;;/h7-29,33-35H,32H2,1-6H3;1H3;/q-2;-1;. The second kappa shape index (κ2) is 17.8. The number of benzene rings is 5. The van der Waals surface area contributed by atoms with Crippen molar-refractivity contribution < 1.29 is 25.8 Å². The Hall–Kier alpha value is -5.12. The van der Waals surface area contributed by atoms with Crippen LogP contribution in [-0.4, -0.2) is 11.7 Å². The third kappa shape index (κ3) is 8.80. The van der Waals surface area contributed by atoms with Crippen LogP contribution in [0.15, 0.2) is 140 Å². The van der Waals surface area contributed by atoms with Crippen molar-refractivity contribution >= 4 is 28.6 Å². The molecule has 1 aliphatic heterocycles. The number of para-hydroxylation sites is 1. The maximum absolute atomic E-state index is 6.38. The van der Waals surface area contributed by atoms with E-state index in [1.165, 1.54) is 27.8 Å². The maximum atomic E-state index is 6.38. The fourth-order valence-corrected chi connectivity index (χ4v) is 6.74. The molecule has 6 heteroatoms. The van der Waals surface area contributed by atoms with E-state index in [0.29, 0.717) is 35.9 Å². The number of pyridine rings is 1. The van der Waals surface area contributed by atoms with Gasteiger partial charge in [-0.2, -0.15) is 12.1 Å². The molecule has 0 N–H and O–H groups in total. The van der Waals surface area contributed by atoms with Gasteiger partial charge in [-0.15, -0.1) is 36.4 Å². The van der Waals surface area contributed by atoms with Gasteiger partial charge in [-0.3, -0.25) is 0 Å². The normalized spacial score (nSPS) is 12.2. The minimum Gasteiger partial charge on any atom is -0.509 e.